The molecule has 2 heterocycles. The molecule has 25 heavy (non-hydrogen) atoms. The highest BCUT2D eigenvalue weighted by Gasteiger charge is 2.13. The molecule has 8 heteroatoms. The molecule has 6 nitrogen and oxygen atoms in total. The summed E-state index contributed by atoms with van der Waals surface area (Å²) in [6.45, 7) is 2.00. The summed E-state index contributed by atoms with van der Waals surface area (Å²) in [6.07, 6.45) is 3.45. The summed E-state index contributed by atoms with van der Waals surface area (Å²) in [5.41, 5.74) is 2.77. The van der Waals surface area contributed by atoms with Gasteiger partial charge in [0.05, 0.1) is 5.75 Å². The van der Waals surface area contributed by atoms with Crippen LogP contribution in [-0.4, -0.2) is 31.4 Å². The van der Waals surface area contributed by atoms with Crippen LogP contribution in [0.1, 0.15) is 5.56 Å². The van der Waals surface area contributed by atoms with Crippen LogP contribution in [0, 0.1) is 6.92 Å². The number of rotatable bonds is 5. The van der Waals surface area contributed by atoms with Gasteiger partial charge in [-0.05, 0) is 36.8 Å². The van der Waals surface area contributed by atoms with Gasteiger partial charge in [0.15, 0.2) is 11.0 Å². The van der Waals surface area contributed by atoms with Crippen LogP contribution in [0.2, 0.25) is 0 Å². The number of nitrogens with one attached hydrogen (secondary N) is 1. The summed E-state index contributed by atoms with van der Waals surface area (Å²) >= 11 is 4.81. The molecule has 0 aliphatic heterocycles. The molecule has 0 aliphatic rings. The van der Waals surface area contributed by atoms with E-state index in [4.69, 9.17) is 0 Å². The van der Waals surface area contributed by atoms with Gasteiger partial charge >= 0.3 is 0 Å². The number of aryl methyl sites for hydroxylation is 1. The van der Waals surface area contributed by atoms with Crippen molar-refractivity contribution in [3.8, 4) is 11.4 Å². The molecule has 128 valence electrons. The first kappa shape index (κ1) is 17.6. The van der Waals surface area contributed by atoms with Crippen molar-refractivity contribution in [1.29, 1.82) is 0 Å². The molecule has 1 N–H and O–H groups in total. The molecule has 0 bridgehead atoms. The largest absolute Gasteiger partial charge is 0.325 e. The van der Waals surface area contributed by atoms with Crippen molar-refractivity contribution in [3.05, 3.63) is 52.8 Å². The maximum Gasteiger partial charge on any atom is 0.234 e. The molecule has 0 saturated heterocycles. The van der Waals surface area contributed by atoms with Crippen molar-refractivity contribution in [1.82, 2.24) is 19.7 Å². The van der Waals surface area contributed by atoms with Gasteiger partial charge in [-0.3, -0.25) is 9.78 Å². The SMILES string of the molecule is Cc1ccc(NC(=O)CSc2nnc(-c3cccnc3)n2C)cc1Br. The number of pyridine rings is 1. The van der Waals surface area contributed by atoms with Crippen molar-refractivity contribution >= 4 is 39.3 Å². The molecule has 2 aromatic heterocycles. The Hall–Kier alpha value is -2.19. The van der Waals surface area contributed by atoms with Gasteiger partial charge in [-0.25, -0.2) is 0 Å². The quantitative estimate of drug-likeness (QED) is 0.640. The van der Waals surface area contributed by atoms with E-state index in [9.17, 15) is 4.79 Å². The van der Waals surface area contributed by atoms with Crippen molar-refractivity contribution in [2.75, 3.05) is 11.1 Å². The monoisotopic (exact) mass is 417 g/mol. The van der Waals surface area contributed by atoms with Crippen LogP contribution in [-0.2, 0) is 11.8 Å². The van der Waals surface area contributed by atoms with E-state index in [1.807, 2.05) is 48.9 Å². The van der Waals surface area contributed by atoms with Crippen molar-refractivity contribution < 1.29 is 4.79 Å². The normalized spacial score (nSPS) is 10.7. The number of nitrogens with zero attached hydrogens (tertiary/aromatic N) is 4. The van der Waals surface area contributed by atoms with Gasteiger partial charge < -0.3 is 9.88 Å². The highest BCUT2D eigenvalue weighted by molar-refractivity contribution is 9.10. The van der Waals surface area contributed by atoms with Crippen LogP contribution in [0.3, 0.4) is 0 Å². The lowest BCUT2D eigenvalue weighted by molar-refractivity contribution is -0.113. The van der Waals surface area contributed by atoms with Crippen LogP contribution in [0.4, 0.5) is 5.69 Å². The highest BCUT2D eigenvalue weighted by Crippen LogP contribution is 2.23. The molecule has 0 fully saturated rings. The zero-order valence-corrected chi connectivity index (χ0v) is 16.1. The lowest BCUT2D eigenvalue weighted by Crippen LogP contribution is -2.14. The third-order valence-corrected chi connectivity index (χ3v) is 5.42. The Morgan fingerprint density at radius 2 is 2.16 bits per heavy atom. The minimum Gasteiger partial charge on any atom is -0.325 e. The van der Waals surface area contributed by atoms with Gasteiger partial charge in [0, 0.05) is 35.2 Å². The van der Waals surface area contributed by atoms with E-state index in [0.717, 1.165) is 27.1 Å². The predicted molar refractivity (Wildman–Crippen MR) is 102 cm³/mol. The standard InChI is InChI=1S/C17H16BrN5OS/c1-11-5-6-13(8-14(11)18)20-15(24)10-25-17-22-21-16(23(17)2)12-4-3-7-19-9-12/h3-9H,10H2,1-2H3,(H,20,24). The molecule has 3 rings (SSSR count). The second kappa shape index (κ2) is 7.79. The summed E-state index contributed by atoms with van der Waals surface area (Å²) in [6, 6.07) is 9.50. The Kier molecular flexibility index (Phi) is 5.50. The van der Waals surface area contributed by atoms with Crippen LogP contribution in [0.25, 0.3) is 11.4 Å². The van der Waals surface area contributed by atoms with Crippen molar-refractivity contribution in [2.45, 2.75) is 12.1 Å². The third kappa shape index (κ3) is 4.26. The highest BCUT2D eigenvalue weighted by atomic mass is 79.9. The number of hydrogen-bond acceptors (Lipinski definition) is 5. The summed E-state index contributed by atoms with van der Waals surface area (Å²) in [5, 5.41) is 11.9. The predicted octanol–water partition coefficient (Wildman–Crippen LogP) is 3.68. The van der Waals surface area contributed by atoms with Crippen LogP contribution >= 0.6 is 27.7 Å². The maximum atomic E-state index is 12.2. The summed E-state index contributed by atoms with van der Waals surface area (Å²) < 4.78 is 2.82. The number of benzene rings is 1. The summed E-state index contributed by atoms with van der Waals surface area (Å²) in [7, 11) is 1.87. The Morgan fingerprint density at radius 1 is 1.32 bits per heavy atom. The molecule has 3 aromatic rings. The number of thioether (sulfide) groups is 1. The van der Waals surface area contributed by atoms with E-state index in [2.05, 4.69) is 36.4 Å². The first-order valence-electron chi connectivity index (χ1n) is 7.53. The lowest BCUT2D eigenvalue weighted by atomic mass is 10.2. The maximum absolute atomic E-state index is 12.2. The van der Waals surface area contributed by atoms with E-state index in [-0.39, 0.29) is 11.7 Å². The van der Waals surface area contributed by atoms with Crippen LogP contribution < -0.4 is 5.32 Å². The molecule has 0 saturated carbocycles. The zero-order valence-electron chi connectivity index (χ0n) is 13.7. The van der Waals surface area contributed by atoms with Gasteiger partial charge in [-0.15, -0.1) is 10.2 Å². The second-order valence-electron chi connectivity index (χ2n) is 5.41. The Bertz CT molecular complexity index is 897. The molecule has 0 unspecified atom stereocenters. The first-order valence-corrected chi connectivity index (χ1v) is 9.31. The van der Waals surface area contributed by atoms with Crippen LogP contribution in [0.15, 0.2) is 52.4 Å². The molecule has 1 aromatic carbocycles. The average molecular weight is 418 g/mol. The average Bonchev–Trinajstić information content (AvgIpc) is 2.98. The number of carbonyl (C=O) groups is 1. The Balaban J connectivity index is 1.63. The summed E-state index contributed by atoms with van der Waals surface area (Å²) in [5.74, 6) is 0.884. The van der Waals surface area contributed by atoms with Gasteiger partial charge in [0.25, 0.3) is 0 Å². The summed E-state index contributed by atoms with van der Waals surface area (Å²) in [4.78, 5) is 16.2. The van der Waals surface area contributed by atoms with E-state index in [1.165, 1.54) is 11.8 Å². The molecule has 0 radical (unpaired) electrons. The van der Waals surface area contributed by atoms with E-state index >= 15 is 0 Å². The van der Waals surface area contributed by atoms with Crippen molar-refractivity contribution in [2.24, 2.45) is 7.05 Å². The topological polar surface area (TPSA) is 72.7 Å². The Morgan fingerprint density at radius 3 is 2.88 bits per heavy atom. The van der Waals surface area contributed by atoms with Crippen LogP contribution in [0.5, 0.6) is 0 Å². The minimum atomic E-state index is -0.0910. The van der Waals surface area contributed by atoms with E-state index < -0.39 is 0 Å². The van der Waals surface area contributed by atoms with Gasteiger partial charge in [0.1, 0.15) is 0 Å². The lowest BCUT2D eigenvalue weighted by Gasteiger charge is -2.07. The third-order valence-electron chi connectivity index (χ3n) is 3.54. The molecule has 0 aliphatic carbocycles. The van der Waals surface area contributed by atoms with Gasteiger partial charge in [-0.2, -0.15) is 0 Å². The molecule has 0 spiro atoms. The number of halogens is 1. The Labute approximate surface area is 158 Å². The number of hydrogen-bond donors (Lipinski definition) is 1. The van der Waals surface area contributed by atoms with E-state index in [0.29, 0.717) is 5.16 Å². The zero-order chi connectivity index (χ0) is 17.8. The fourth-order valence-corrected chi connectivity index (χ4v) is 3.27. The molecule has 1 amide bonds. The molecular weight excluding hydrogens is 402 g/mol. The van der Waals surface area contributed by atoms with Gasteiger partial charge in [-0.1, -0.05) is 33.8 Å². The first-order chi connectivity index (χ1) is 12.0. The number of carbonyl (C=O) groups excluding carboxylic acids is 1. The smallest absolute Gasteiger partial charge is 0.234 e. The fraction of sp³-hybridized carbons (Fsp3) is 0.176. The fourth-order valence-electron chi connectivity index (χ4n) is 2.18. The number of aromatic nitrogens is 4. The second-order valence-corrected chi connectivity index (χ2v) is 7.20. The minimum absolute atomic E-state index is 0.0910. The van der Waals surface area contributed by atoms with E-state index in [1.54, 1.807) is 12.4 Å². The molecular formula is C17H16BrN5OS. The number of amides is 1. The molecule has 0 atom stereocenters. The van der Waals surface area contributed by atoms with Crippen molar-refractivity contribution in [3.63, 3.8) is 0 Å². The van der Waals surface area contributed by atoms with Gasteiger partial charge in [0.2, 0.25) is 5.91 Å². The number of anilines is 1.